The van der Waals surface area contributed by atoms with E-state index >= 15 is 0 Å². The second-order valence-electron chi connectivity index (χ2n) is 2.64. The Morgan fingerprint density at radius 2 is 2.33 bits per heavy atom. The monoisotopic (exact) mass is 125 g/mol. The first-order valence-electron chi connectivity index (χ1n) is 3.81. The Hall–Kier alpha value is -0.300. The number of nitrogens with one attached hydrogen (secondary N) is 1. The molecule has 0 aliphatic carbocycles. The zero-order chi connectivity index (χ0) is 6.53. The van der Waals surface area contributed by atoms with Gasteiger partial charge in [-0.2, -0.15) is 0 Å². The van der Waals surface area contributed by atoms with E-state index in [1.54, 1.807) is 0 Å². The van der Waals surface area contributed by atoms with E-state index in [0.29, 0.717) is 0 Å². The smallest absolute Gasteiger partial charge is 0.00266 e. The molecule has 0 saturated carbocycles. The van der Waals surface area contributed by atoms with Crippen LogP contribution in [0.15, 0.2) is 12.2 Å². The van der Waals surface area contributed by atoms with Gasteiger partial charge < -0.3 is 5.32 Å². The molecule has 52 valence electrons. The summed E-state index contributed by atoms with van der Waals surface area (Å²) in [4.78, 5) is 0. The number of unbranched alkanes of at least 4 members (excludes halogenated alkanes) is 1. The van der Waals surface area contributed by atoms with E-state index in [2.05, 4.69) is 24.4 Å². The summed E-state index contributed by atoms with van der Waals surface area (Å²) in [6.45, 7) is 4.60. The van der Waals surface area contributed by atoms with Gasteiger partial charge in [0.2, 0.25) is 0 Å². The molecule has 0 atom stereocenters. The van der Waals surface area contributed by atoms with Gasteiger partial charge in [-0.3, -0.25) is 0 Å². The van der Waals surface area contributed by atoms with E-state index in [4.69, 9.17) is 0 Å². The molecule has 1 aliphatic heterocycles. The number of allylic oxidation sites excluding steroid dienone is 1. The van der Waals surface area contributed by atoms with Gasteiger partial charge in [0, 0.05) is 19.0 Å². The molecule has 1 N–H and O–H groups in total. The molecule has 0 aromatic rings. The first-order chi connectivity index (χ1) is 4.43. The molecule has 1 heteroatoms. The molecule has 0 aromatic heterocycles. The zero-order valence-electron chi connectivity index (χ0n) is 6.06. The van der Waals surface area contributed by atoms with Crippen molar-refractivity contribution in [1.29, 1.82) is 0 Å². The van der Waals surface area contributed by atoms with E-state index in [1.165, 1.54) is 25.9 Å². The molecule has 0 unspecified atom stereocenters. The third-order valence-electron chi connectivity index (χ3n) is 1.68. The van der Waals surface area contributed by atoms with Crippen molar-refractivity contribution in [1.82, 2.24) is 5.32 Å². The molecule has 1 heterocycles. The highest BCUT2D eigenvalue weighted by Crippen LogP contribution is 2.04. The number of hydrogen-bond acceptors (Lipinski definition) is 1. The van der Waals surface area contributed by atoms with Crippen LogP contribution in [0.3, 0.4) is 0 Å². The van der Waals surface area contributed by atoms with E-state index in [1.807, 2.05) is 0 Å². The van der Waals surface area contributed by atoms with Crippen molar-refractivity contribution >= 4 is 0 Å². The Kier molecular flexibility index (Phi) is 2.78. The predicted molar refractivity (Wildman–Crippen MR) is 40.4 cm³/mol. The van der Waals surface area contributed by atoms with Crippen LogP contribution in [0.25, 0.3) is 0 Å². The van der Waals surface area contributed by atoms with Gasteiger partial charge in [-0.25, -0.2) is 0 Å². The molecule has 0 aromatic carbocycles. The lowest BCUT2D eigenvalue weighted by Gasteiger charge is -2.23. The van der Waals surface area contributed by atoms with Crippen LogP contribution >= 0.6 is 0 Å². The van der Waals surface area contributed by atoms with E-state index in [-0.39, 0.29) is 0 Å². The quantitative estimate of drug-likeness (QED) is 0.564. The van der Waals surface area contributed by atoms with Crippen LogP contribution in [-0.2, 0) is 0 Å². The van der Waals surface area contributed by atoms with Gasteiger partial charge in [-0.05, 0) is 6.42 Å². The minimum absolute atomic E-state index is 0.844. The van der Waals surface area contributed by atoms with Crippen molar-refractivity contribution in [2.45, 2.75) is 19.8 Å². The predicted octanol–water partition coefficient (Wildman–Crippen LogP) is 1.56. The average molecular weight is 125 g/mol. The van der Waals surface area contributed by atoms with Gasteiger partial charge in [-0.15, -0.1) is 0 Å². The molecular formula is C8H15N. The maximum Gasteiger partial charge on any atom is 0.00266 e. The van der Waals surface area contributed by atoms with Crippen molar-refractivity contribution in [3.63, 3.8) is 0 Å². The Labute approximate surface area is 57.1 Å². The lowest BCUT2D eigenvalue weighted by molar-refractivity contribution is 0.418. The maximum atomic E-state index is 3.24. The van der Waals surface area contributed by atoms with E-state index in [9.17, 15) is 0 Å². The third kappa shape index (κ3) is 2.19. The molecule has 1 nitrogen and oxygen atoms in total. The fourth-order valence-electron chi connectivity index (χ4n) is 0.902. The standard InChI is InChI=1S/C8H15N/c1-2-3-4-5-8-6-9-7-8/h4-5,8-9H,2-3,6-7H2,1H3/b5-4+. The summed E-state index contributed by atoms with van der Waals surface area (Å²) in [5, 5.41) is 3.24. The first-order valence-corrected chi connectivity index (χ1v) is 3.81. The minimum atomic E-state index is 0.844. The van der Waals surface area contributed by atoms with Crippen LogP contribution in [0, 0.1) is 5.92 Å². The molecule has 0 bridgehead atoms. The summed E-state index contributed by atoms with van der Waals surface area (Å²) in [5.74, 6) is 0.844. The fraction of sp³-hybridized carbons (Fsp3) is 0.750. The molecular weight excluding hydrogens is 110 g/mol. The highest BCUT2D eigenvalue weighted by atomic mass is 14.9. The van der Waals surface area contributed by atoms with Gasteiger partial charge in [0.1, 0.15) is 0 Å². The van der Waals surface area contributed by atoms with Crippen LogP contribution in [-0.4, -0.2) is 13.1 Å². The van der Waals surface area contributed by atoms with Crippen molar-refractivity contribution in [3.8, 4) is 0 Å². The molecule has 9 heavy (non-hydrogen) atoms. The molecule has 0 spiro atoms. The Morgan fingerprint density at radius 1 is 1.56 bits per heavy atom. The second-order valence-corrected chi connectivity index (χ2v) is 2.64. The second kappa shape index (κ2) is 3.67. The van der Waals surface area contributed by atoms with E-state index < -0.39 is 0 Å². The maximum absolute atomic E-state index is 3.24. The van der Waals surface area contributed by atoms with Crippen LogP contribution in [0.4, 0.5) is 0 Å². The zero-order valence-corrected chi connectivity index (χ0v) is 6.06. The largest absolute Gasteiger partial charge is 0.315 e. The Morgan fingerprint density at radius 3 is 2.78 bits per heavy atom. The molecule has 1 aliphatic rings. The van der Waals surface area contributed by atoms with E-state index in [0.717, 1.165) is 5.92 Å². The molecule has 0 amide bonds. The van der Waals surface area contributed by atoms with Gasteiger partial charge in [-0.1, -0.05) is 25.5 Å². The van der Waals surface area contributed by atoms with Crippen LogP contribution in [0.1, 0.15) is 19.8 Å². The molecule has 1 saturated heterocycles. The van der Waals surface area contributed by atoms with Crippen LogP contribution in [0.2, 0.25) is 0 Å². The van der Waals surface area contributed by atoms with Crippen LogP contribution < -0.4 is 5.32 Å². The molecule has 0 radical (unpaired) electrons. The van der Waals surface area contributed by atoms with Gasteiger partial charge in [0.25, 0.3) is 0 Å². The fourth-order valence-corrected chi connectivity index (χ4v) is 0.902. The summed E-state index contributed by atoms with van der Waals surface area (Å²) in [6.07, 6.45) is 7.15. The van der Waals surface area contributed by atoms with Crippen molar-refractivity contribution in [2.24, 2.45) is 5.92 Å². The summed E-state index contributed by atoms with van der Waals surface area (Å²) in [6, 6.07) is 0. The highest BCUT2D eigenvalue weighted by Gasteiger charge is 2.11. The average Bonchev–Trinajstić information content (AvgIpc) is 1.76. The first kappa shape index (κ1) is 6.81. The van der Waals surface area contributed by atoms with Crippen molar-refractivity contribution < 1.29 is 0 Å². The topological polar surface area (TPSA) is 12.0 Å². The lowest BCUT2D eigenvalue weighted by atomic mass is 10.0. The van der Waals surface area contributed by atoms with Crippen LogP contribution in [0.5, 0.6) is 0 Å². The Bertz CT molecular complexity index is 92.7. The molecule has 1 fully saturated rings. The normalized spacial score (nSPS) is 20.6. The van der Waals surface area contributed by atoms with Crippen molar-refractivity contribution in [2.75, 3.05) is 13.1 Å². The minimum Gasteiger partial charge on any atom is -0.315 e. The SMILES string of the molecule is CCC/C=C/C1CNC1. The summed E-state index contributed by atoms with van der Waals surface area (Å²) >= 11 is 0. The van der Waals surface area contributed by atoms with Gasteiger partial charge in [0.15, 0.2) is 0 Å². The highest BCUT2D eigenvalue weighted by molar-refractivity contribution is 4.94. The number of rotatable bonds is 3. The third-order valence-corrected chi connectivity index (χ3v) is 1.68. The van der Waals surface area contributed by atoms with Gasteiger partial charge >= 0.3 is 0 Å². The summed E-state index contributed by atoms with van der Waals surface area (Å²) < 4.78 is 0. The Balaban J connectivity index is 2.00. The number of hydrogen-bond donors (Lipinski definition) is 1. The van der Waals surface area contributed by atoms with Crippen molar-refractivity contribution in [3.05, 3.63) is 12.2 Å². The summed E-state index contributed by atoms with van der Waals surface area (Å²) in [7, 11) is 0. The lowest BCUT2D eigenvalue weighted by Crippen LogP contribution is -2.40. The molecule has 1 rings (SSSR count). The summed E-state index contributed by atoms with van der Waals surface area (Å²) in [5.41, 5.74) is 0. The van der Waals surface area contributed by atoms with Gasteiger partial charge in [0.05, 0.1) is 0 Å².